The molecule has 13 aromatic rings. The summed E-state index contributed by atoms with van der Waals surface area (Å²) in [5.74, 6) is 0.700. The number of para-hydroxylation sites is 4. The van der Waals surface area contributed by atoms with Gasteiger partial charge >= 0.3 is 0 Å². The van der Waals surface area contributed by atoms with Crippen molar-refractivity contribution >= 4 is 104 Å². The number of amidine groups is 1. The Hall–Kier alpha value is -8.80. The molecule has 1 atom stereocenters. The third-order valence-electron chi connectivity index (χ3n) is 14.1. The van der Waals surface area contributed by atoms with Gasteiger partial charge in [0, 0.05) is 66.7 Å². The number of aromatic nitrogens is 2. The second-order valence-electron chi connectivity index (χ2n) is 18.1. The van der Waals surface area contributed by atoms with Crippen molar-refractivity contribution in [3.63, 3.8) is 0 Å². The Morgan fingerprint density at radius 3 is 1.93 bits per heavy atom. The maximum absolute atomic E-state index is 6.69. The van der Waals surface area contributed by atoms with Crippen molar-refractivity contribution in [1.29, 1.82) is 0 Å². The second-order valence-corrected chi connectivity index (χ2v) is 18.1. The highest BCUT2D eigenvalue weighted by Gasteiger charge is 2.26. The largest absolute Gasteiger partial charge is 0.456 e. The van der Waals surface area contributed by atoms with Crippen LogP contribution in [-0.2, 0) is 0 Å². The van der Waals surface area contributed by atoms with Gasteiger partial charge in [-0.1, -0.05) is 159 Å². The van der Waals surface area contributed by atoms with E-state index in [1.807, 2.05) is 6.07 Å². The molecule has 10 aromatic carbocycles. The molecule has 0 amide bonds. The lowest BCUT2D eigenvalue weighted by molar-refractivity contribution is 0.668. The van der Waals surface area contributed by atoms with Crippen molar-refractivity contribution in [2.24, 2.45) is 15.9 Å². The normalized spacial score (nSPS) is 15.4. The molecule has 0 saturated carbocycles. The second kappa shape index (κ2) is 15.1. The van der Waals surface area contributed by atoms with E-state index in [0.717, 1.165) is 89.8 Å². The number of aliphatic imine (C=N–C) groups is 2. The predicted molar refractivity (Wildman–Crippen MR) is 285 cm³/mol. The molecular formula is C63H42N4O. The lowest BCUT2D eigenvalue weighted by Crippen LogP contribution is -2.17. The Balaban J connectivity index is 1.06. The highest BCUT2D eigenvalue weighted by Crippen LogP contribution is 2.42. The molecule has 320 valence electrons. The molecule has 1 aliphatic rings. The molecule has 0 bridgehead atoms. The van der Waals surface area contributed by atoms with Crippen LogP contribution in [0.1, 0.15) is 30.0 Å². The van der Waals surface area contributed by atoms with Crippen LogP contribution in [0, 0.1) is 5.92 Å². The van der Waals surface area contributed by atoms with E-state index < -0.39 is 0 Å². The number of allylic oxidation sites excluding steroid dienone is 1. The lowest BCUT2D eigenvalue weighted by atomic mass is 9.90. The fraction of sp³-hybridized carbons (Fsp3) is 0.0476. The summed E-state index contributed by atoms with van der Waals surface area (Å²) in [7, 11) is 0. The minimum absolute atomic E-state index is 0.0296. The molecule has 5 nitrogen and oxygen atoms in total. The van der Waals surface area contributed by atoms with Crippen LogP contribution in [0.2, 0.25) is 0 Å². The molecular weight excluding hydrogens is 829 g/mol. The summed E-state index contributed by atoms with van der Waals surface area (Å²) in [4.78, 5) is 11.6. The Morgan fingerprint density at radius 1 is 0.441 bits per heavy atom. The molecule has 0 saturated heterocycles. The topological polar surface area (TPSA) is 47.7 Å². The molecule has 0 aliphatic carbocycles. The number of hydrogen-bond donors (Lipinski definition) is 0. The van der Waals surface area contributed by atoms with Gasteiger partial charge in [-0.2, -0.15) is 0 Å². The Kier molecular flexibility index (Phi) is 8.56. The molecule has 5 heteroatoms. The summed E-state index contributed by atoms with van der Waals surface area (Å²) in [6.07, 6.45) is 3.07. The van der Waals surface area contributed by atoms with Gasteiger partial charge in [0.05, 0.1) is 39.2 Å². The SMILES string of the molecule is CC1C/C=C(\c2cc3c(cc2-n2c4ccccc4c4cc5ccccc5cc42)oc2ccccc23)N=C(c2ccc3ccccc3c2)N=C1c1cccc2c1c1ccccc1n2-c1ccccc1. The van der Waals surface area contributed by atoms with E-state index in [2.05, 4.69) is 228 Å². The van der Waals surface area contributed by atoms with Gasteiger partial charge in [-0.15, -0.1) is 0 Å². The van der Waals surface area contributed by atoms with Crippen LogP contribution in [0.4, 0.5) is 0 Å². The first-order valence-corrected chi connectivity index (χ1v) is 23.5. The van der Waals surface area contributed by atoms with Gasteiger partial charge in [-0.05, 0) is 88.6 Å². The number of furan rings is 1. The zero-order valence-electron chi connectivity index (χ0n) is 37.3. The molecule has 0 fully saturated rings. The van der Waals surface area contributed by atoms with Gasteiger partial charge in [-0.3, -0.25) is 0 Å². The van der Waals surface area contributed by atoms with Gasteiger partial charge in [0.25, 0.3) is 0 Å². The molecule has 4 heterocycles. The standard InChI is InChI=1S/C63H42N4O/c1-39-30-33-53(52-37-51-47-23-11-14-29-59(47)68-60(51)38-58(52)67-54-26-12-9-22-46(54)50-35-42-18-7-8-19-43(42)36-57(50)67)64-63(44-32-31-40-16-5-6-17-41(40)34-44)65-62(39)49-25-15-28-56-61(49)48-24-10-13-27-55(48)66(56)45-20-3-2-4-21-45/h2-29,31-39H,30H2,1H3/b53-33+,64-63?,65-62?. The first kappa shape index (κ1) is 38.5. The van der Waals surface area contributed by atoms with Crippen LogP contribution in [-0.4, -0.2) is 20.7 Å². The van der Waals surface area contributed by atoms with Crippen LogP contribution in [0.25, 0.3) is 104 Å². The van der Waals surface area contributed by atoms with Gasteiger partial charge in [0.1, 0.15) is 11.2 Å². The number of benzene rings is 10. The molecule has 68 heavy (non-hydrogen) atoms. The maximum atomic E-state index is 6.69. The van der Waals surface area contributed by atoms with Crippen molar-refractivity contribution in [2.75, 3.05) is 0 Å². The Morgan fingerprint density at radius 2 is 1.10 bits per heavy atom. The summed E-state index contributed by atoms with van der Waals surface area (Å²) in [6, 6.07) is 76.2. The highest BCUT2D eigenvalue weighted by atomic mass is 16.3. The van der Waals surface area contributed by atoms with Crippen LogP contribution in [0.15, 0.2) is 233 Å². The smallest absolute Gasteiger partial charge is 0.160 e. The van der Waals surface area contributed by atoms with E-state index in [-0.39, 0.29) is 5.92 Å². The summed E-state index contributed by atoms with van der Waals surface area (Å²) >= 11 is 0. The molecule has 3 aromatic heterocycles. The molecule has 0 radical (unpaired) electrons. The quantitative estimate of drug-likeness (QED) is 0.170. The fourth-order valence-electron chi connectivity index (χ4n) is 10.9. The van der Waals surface area contributed by atoms with E-state index in [4.69, 9.17) is 14.4 Å². The molecule has 1 aliphatic heterocycles. The van der Waals surface area contributed by atoms with Crippen LogP contribution in [0.3, 0.4) is 0 Å². The Labute approximate surface area is 391 Å². The summed E-state index contributed by atoms with van der Waals surface area (Å²) in [5.41, 5.74) is 13.4. The molecule has 0 spiro atoms. The van der Waals surface area contributed by atoms with E-state index in [1.54, 1.807) is 0 Å². The summed E-state index contributed by atoms with van der Waals surface area (Å²) in [6.45, 7) is 2.32. The zero-order valence-corrected chi connectivity index (χ0v) is 37.3. The van der Waals surface area contributed by atoms with Gasteiger partial charge < -0.3 is 13.6 Å². The molecule has 0 N–H and O–H groups in total. The van der Waals surface area contributed by atoms with E-state index in [1.165, 1.54) is 43.2 Å². The minimum Gasteiger partial charge on any atom is -0.456 e. The number of rotatable bonds is 5. The van der Waals surface area contributed by atoms with Crippen molar-refractivity contribution in [1.82, 2.24) is 9.13 Å². The average Bonchev–Trinajstić information content (AvgIpc) is 4.04. The lowest BCUT2D eigenvalue weighted by Gasteiger charge is -2.21. The van der Waals surface area contributed by atoms with E-state index >= 15 is 0 Å². The van der Waals surface area contributed by atoms with Crippen LogP contribution >= 0.6 is 0 Å². The van der Waals surface area contributed by atoms with Crippen molar-refractivity contribution in [3.8, 4) is 11.4 Å². The monoisotopic (exact) mass is 870 g/mol. The van der Waals surface area contributed by atoms with Crippen LogP contribution < -0.4 is 0 Å². The Bertz CT molecular complexity index is 4310. The highest BCUT2D eigenvalue weighted by molar-refractivity contribution is 6.24. The summed E-state index contributed by atoms with van der Waals surface area (Å²) < 4.78 is 11.5. The van der Waals surface area contributed by atoms with Crippen molar-refractivity contribution in [2.45, 2.75) is 13.3 Å². The number of nitrogens with zero attached hydrogens (tertiary/aromatic N) is 4. The summed E-state index contributed by atoms with van der Waals surface area (Å²) in [5, 5.41) is 11.6. The first-order chi connectivity index (χ1) is 33.6. The van der Waals surface area contributed by atoms with Crippen molar-refractivity contribution < 1.29 is 4.42 Å². The predicted octanol–water partition coefficient (Wildman–Crippen LogP) is 16.4. The van der Waals surface area contributed by atoms with E-state index in [9.17, 15) is 0 Å². The van der Waals surface area contributed by atoms with Gasteiger partial charge in [-0.25, -0.2) is 9.98 Å². The third kappa shape index (κ3) is 5.95. The van der Waals surface area contributed by atoms with E-state index in [0.29, 0.717) is 5.84 Å². The van der Waals surface area contributed by atoms with Gasteiger partial charge in [0.2, 0.25) is 0 Å². The first-order valence-electron chi connectivity index (χ1n) is 23.5. The van der Waals surface area contributed by atoms with Crippen LogP contribution in [0.5, 0.6) is 0 Å². The van der Waals surface area contributed by atoms with Crippen molar-refractivity contribution in [3.05, 3.63) is 235 Å². The number of fused-ring (bicyclic) bond motifs is 11. The van der Waals surface area contributed by atoms with Gasteiger partial charge in [0.15, 0.2) is 5.84 Å². The third-order valence-corrected chi connectivity index (χ3v) is 14.1. The zero-order chi connectivity index (χ0) is 44.9. The maximum Gasteiger partial charge on any atom is 0.160 e. The fourth-order valence-corrected chi connectivity index (χ4v) is 10.9. The average molecular weight is 871 g/mol. The molecule has 1 unspecified atom stereocenters. The minimum atomic E-state index is 0.0296. The number of hydrogen-bond acceptors (Lipinski definition) is 3. The molecule has 14 rings (SSSR count).